The average molecular weight is 494 g/mol. The van der Waals surface area contributed by atoms with Crippen LogP contribution in [-0.2, 0) is 21.5 Å². The van der Waals surface area contributed by atoms with Gasteiger partial charge in [0.1, 0.15) is 17.3 Å². The second-order valence-corrected chi connectivity index (χ2v) is 9.26. The molecule has 0 unspecified atom stereocenters. The zero-order valence-corrected chi connectivity index (χ0v) is 20.5. The molecular weight excluding hydrogens is 468 g/mol. The Hall–Kier alpha value is -4.08. The SMILES string of the molecule is CCOC(=O)C(=O)c1c[nH]c2c(-c3cc(CC)c4c(c3F)-n3c(C)nnc3C(C)(C)N4)cc(F)cc12. The quantitative estimate of drug-likeness (QED) is 0.231. The molecule has 2 N–H and O–H groups in total. The van der Waals surface area contributed by atoms with Gasteiger partial charge >= 0.3 is 5.97 Å². The van der Waals surface area contributed by atoms with Gasteiger partial charge in [-0.15, -0.1) is 10.2 Å². The molecule has 36 heavy (non-hydrogen) atoms. The minimum Gasteiger partial charge on any atom is -0.460 e. The van der Waals surface area contributed by atoms with E-state index in [1.807, 2.05) is 20.8 Å². The van der Waals surface area contributed by atoms with Crippen LogP contribution in [0.1, 0.15) is 55.3 Å². The number of ether oxygens (including phenoxy) is 1. The van der Waals surface area contributed by atoms with Gasteiger partial charge in [-0.2, -0.15) is 0 Å². The van der Waals surface area contributed by atoms with Crippen LogP contribution in [0.25, 0.3) is 27.7 Å². The zero-order valence-electron chi connectivity index (χ0n) is 20.5. The number of Topliss-reactive ketones (excluding diaryl/α,β-unsaturated/α-hetero) is 1. The Morgan fingerprint density at radius 3 is 2.56 bits per heavy atom. The normalized spacial score (nSPS) is 13.8. The van der Waals surface area contributed by atoms with Gasteiger partial charge in [-0.1, -0.05) is 6.92 Å². The fraction of sp³-hybridized carbons (Fsp3) is 0.308. The molecule has 0 atom stereocenters. The number of esters is 1. The molecule has 0 amide bonds. The van der Waals surface area contributed by atoms with E-state index in [-0.39, 0.29) is 34.4 Å². The summed E-state index contributed by atoms with van der Waals surface area (Å²) in [6.07, 6.45) is 1.89. The molecule has 0 spiro atoms. The van der Waals surface area contributed by atoms with Gasteiger partial charge in [0, 0.05) is 22.7 Å². The highest BCUT2D eigenvalue weighted by Crippen LogP contribution is 2.44. The molecule has 0 fully saturated rings. The number of anilines is 1. The smallest absolute Gasteiger partial charge is 0.379 e. The highest BCUT2D eigenvalue weighted by molar-refractivity contribution is 6.43. The zero-order chi connectivity index (χ0) is 25.9. The van der Waals surface area contributed by atoms with E-state index in [0.29, 0.717) is 29.3 Å². The molecule has 0 aliphatic carbocycles. The minimum atomic E-state index is -1.04. The van der Waals surface area contributed by atoms with E-state index >= 15 is 4.39 Å². The van der Waals surface area contributed by atoms with Crippen molar-refractivity contribution in [3.63, 3.8) is 0 Å². The van der Waals surface area contributed by atoms with Crippen molar-refractivity contribution in [3.8, 4) is 16.8 Å². The van der Waals surface area contributed by atoms with Crippen molar-refractivity contribution in [2.24, 2.45) is 0 Å². The van der Waals surface area contributed by atoms with Gasteiger partial charge in [0.05, 0.1) is 28.9 Å². The number of ketones is 1. The molecule has 3 heterocycles. The lowest BCUT2D eigenvalue weighted by molar-refractivity contribution is -0.137. The number of H-pyrrole nitrogens is 1. The van der Waals surface area contributed by atoms with E-state index < -0.39 is 28.9 Å². The van der Waals surface area contributed by atoms with Crippen LogP contribution in [0, 0.1) is 18.6 Å². The summed E-state index contributed by atoms with van der Waals surface area (Å²) in [6.45, 7) is 9.20. The number of aryl methyl sites for hydroxylation is 2. The summed E-state index contributed by atoms with van der Waals surface area (Å²) in [5, 5.41) is 12.0. The highest BCUT2D eigenvalue weighted by Gasteiger charge is 2.38. The molecule has 2 aromatic heterocycles. The van der Waals surface area contributed by atoms with Crippen LogP contribution in [0.15, 0.2) is 24.4 Å². The monoisotopic (exact) mass is 493 g/mol. The number of hydrogen-bond acceptors (Lipinski definition) is 6. The maximum Gasteiger partial charge on any atom is 0.379 e. The Bertz CT molecular complexity index is 1570. The second-order valence-electron chi connectivity index (χ2n) is 9.26. The number of nitrogens with one attached hydrogen (secondary N) is 2. The first kappa shape index (κ1) is 23.7. The molecular formula is C26H25F2N5O3. The van der Waals surface area contributed by atoms with Crippen LogP contribution in [0.4, 0.5) is 14.5 Å². The van der Waals surface area contributed by atoms with E-state index in [4.69, 9.17) is 4.74 Å². The predicted octanol–water partition coefficient (Wildman–Crippen LogP) is 4.97. The van der Waals surface area contributed by atoms with Crippen LogP contribution in [0.2, 0.25) is 0 Å². The van der Waals surface area contributed by atoms with Gasteiger partial charge in [-0.3, -0.25) is 9.36 Å². The Balaban J connectivity index is 1.78. The van der Waals surface area contributed by atoms with E-state index in [2.05, 4.69) is 20.5 Å². The van der Waals surface area contributed by atoms with Gasteiger partial charge in [-0.25, -0.2) is 13.6 Å². The number of nitrogens with zero attached hydrogens (tertiary/aromatic N) is 3. The molecule has 4 aromatic rings. The van der Waals surface area contributed by atoms with Crippen LogP contribution in [-0.4, -0.2) is 38.1 Å². The highest BCUT2D eigenvalue weighted by atomic mass is 19.1. The molecule has 0 bridgehead atoms. The van der Waals surface area contributed by atoms with Gasteiger partial charge in [0.2, 0.25) is 0 Å². The van der Waals surface area contributed by atoms with Crippen LogP contribution in [0.3, 0.4) is 0 Å². The standard InChI is InChI=1S/C26H25F2N5O3/c1-6-13-8-15(19(28)22-20(13)30-26(4,5)25-32-31-12(3)33(22)25)16-9-14(27)10-17-18(11-29-21(16)17)23(34)24(35)36-7-2/h8-11,29-30H,6-7H2,1-5H3. The third kappa shape index (κ3) is 3.39. The predicted molar refractivity (Wildman–Crippen MR) is 130 cm³/mol. The fourth-order valence-electron chi connectivity index (χ4n) is 4.83. The molecule has 2 aromatic carbocycles. The van der Waals surface area contributed by atoms with Crippen LogP contribution in [0.5, 0.6) is 0 Å². The fourth-order valence-corrected chi connectivity index (χ4v) is 4.83. The number of carbonyl (C=O) groups is 2. The van der Waals surface area contributed by atoms with Crippen LogP contribution < -0.4 is 5.32 Å². The number of carbonyl (C=O) groups excluding carboxylic acids is 2. The molecule has 0 saturated carbocycles. The topological polar surface area (TPSA) is 102 Å². The molecule has 1 aliphatic rings. The molecule has 186 valence electrons. The van der Waals surface area contributed by atoms with Gasteiger partial charge in [-0.05, 0) is 57.9 Å². The van der Waals surface area contributed by atoms with Gasteiger partial charge in [0.25, 0.3) is 5.78 Å². The number of aromatic amines is 1. The number of benzene rings is 2. The number of aromatic nitrogens is 4. The molecule has 0 radical (unpaired) electrons. The van der Waals surface area contributed by atoms with Crippen molar-refractivity contribution in [2.75, 3.05) is 11.9 Å². The third-order valence-corrected chi connectivity index (χ3v) is 6.50. The van der Waals surface area contributed by atoms with E-state index in [1.54, 1.807) is 24.5 Å². The Morgan fingerprint density at radius 1 is 1.11 bits per heavy atom. The van der Waals surface area contributed by atoms with Crippen molar-refractivity contribution < 1.29 is 23.1 Å². The van der Waals surface area contributed by atoms with E-state index in [1.165, 1.54) is 12.3 Å². The van der Waals surface area contributed by atoms with Crippen LogP contribution >= 0.6 is 0 Å². The first-order valence-electron chi connectivity index (χ1n) is 11.7. The van der Waals surface area contributed by atoms with Crippen molar-refractivity contribution in [1.82, 2.24) is 19.7 Å². The number of hydrogen-bond donors (Lipinski definition) is 2. The Kier molecular flexibility index (Phi) is 5.42. The molecule has 0 saturated heterocycles. The lowest BCUT2D eigenvalue weighted by atomic mass is 9.92. The van der Waals surface area contributed by atoms with Crippen molar-refractivity contribution >= 4 is 28.3 Å². The largest absolute Gasteiger partial charge is 0.460 e. The Morgan fingerprint density at radius 2 is 1.86 bits per heavy atom. The van der Waals surface area contributed by atoms with Crippen molar-refractivity contribution in [2.45, 2.75) is 46.6 Å². The maximum atomic E-state index is 16.4. The Labute approximate surface area is 205 Å². The summed E-state index contributed by atoms with van der Waals surface area (Å²) in [5.41, 5.74) is 1.76. The van der Waals surface area contributed by atoms with Gasteiger partial charge < -0.3 is 15.0 Å². The molecule has 1 aliphatic heterocycles. The summed E-state index contributed by atoms with van der Waals surface area (Å²) in [4.78, 5) is 27.6. The second kappa shape index (κ2) is 8.25. The summed E-state index contributed by atoms with van der Waals surface area (Å²) in [5.74, 6) is -2.14. The van der Waals surface area contributed by atoms with E-state index in [9.17, 15) is 14.0 Å². The lowest BCUT2D eigenvalue weighted by Crippen LogP contribution is -2.37. The van der Waals surface area contributed by atoms with Gasteiger partial charge in [0.15, 0.2) is 11.6 Å². The minimum absolute atomic E-state index is 0.0298. The van der Waals surface area contributed by atoms with E-state index in [0.717, 1.165) is 11.6 Å². The molecule has 10 heteroatoms. The third-order valence-electron chi connectivity index (χ3n) is 6.50. The summed E-state index contributed by atoms with van der Waals surface area (Å²) >= 11 is 0. The number of rotatable bonds is 5. The lowest BCUT2D eigenvalue weighted by Gasteiger charge is -2.35. The van der Waals surface area contributed by atoms with Crippen molar-refractivity contribution in [1.29, 1.82) is 0 Å². The first-order valence-corrected chi connectivity index (χ1v) is 11.7. The maximum absolute atomic E-state index is 16.4. The summed E-state index contributed by atoms with van der Waals surface area (Å²) in [6, 6.07) is 4.04. The summed E-state index contributed by atoms with van der Waals surface area (Å²) in [7, 11) is 0. The summed E-state index contributed by atoms with van der Waals surface area (Å²) < 4.78 is 37.8. The number of halogens is 2. The molecule has 8 nitrogen and oxygen atoms in total. The average Bonchev–Trinajstić information content (AvgIpc) is 3.43. The molecule has 5 rings (SSSR count). The van der Waals surface area contributed by atoms with Crippen molar-refractivity contribution in [3.05, 3.63) is 58.8 Å². The first-order chi connectivity index (χ1) is 17.1. The number of fused-ring (bicyclic) bond motifs is 4.